The molecule has 0 saturated carbocycles. The molecule has 2 heterocycles. The standard InChI is InChI=1S/C21H24N2O5S/c1-16-3-5-17(6-4-16)21(24)22-9-11-23(12-10-22)29(25,26)18-7-8-19-20(15-18)28-14-2-13-27-19/h3-8,15H,2,9-14H2,1H3. The van der Waals surface area contributed by atoms with E-state index in [-0.39, 0.29) is 23.9 Å². The summed E-state index contributed by atoms with van der Waals surface area (Å²) in [5.41, 5.74) is 1.71. The molecule has 7 nitrogen and oxygen atoms in total. The molecule has 154 valence electrons. The van der Waals surface area contributed by atoms with Crippen molar-refractivity contribution in [3.05, 3.63) is 53.6 Å². The second kappa shape index (κ2) is 8.04. The average Bonchev–Trinajstić information content (AvgIpc) is 2.99. The summed E-state index contributed by atoms with van der Waals surface area (Å²) in [7, 11) is -3.67. The molecule has 0 spiro atoms. The molecule has 0 aromatic heterocycles. The maximum Gasteiger partial charge on any atom is 0.253 e. The number of carbonyl (C=O) groups is 1. The third-order valence-corrected chi connectivity index (χ3v) is 7.08. The van der Waals surface area contributed by atoms with Gasteiger partial charge in [0.25, 0.3) is 5.91 Å². The number of benzene rings is 2. The average molecular weight is 416 g/mol. The molecule has 2 aliphatic rings. The van der Waals surface area contributed by atoms with Crippen molar-refractivity contribution in [1.29, 1.82) is 0 Å². The highest BCUT2D eigenvalue weighted by Crippen LogP contribution is 2.33. The van der Waals surface area contributed by atoms with Crippen LogP contribution in [0.5, 0.6) is 11.5 Å². The number of aryl methyl sites for hydroxylation is 1. The molecule has 29 heavy (non-hydrogen) atoms. The fourth-order valence-electron chi connectivity index (χ4n) is 3.46. The number of carbonyl (C=O) groups excluding carboxylic acids is 1. The van der Waals surface area contributed by atoms with Crippen LogP contribution < -0.4 is 9.47 Å². The van der Waals surface area contributed by atoms with Crippen molar-refractivity contribution in [1.82, 2.24) is 9.21 Å². The van der Waals surface area contributed by atoms with Crippen molar-refractivity contribution < 1.29 is 22.7 Å². The Balaban J connectivity index is 1.45. The molecule has 0 radical (unpaired) electrons. The summed E-state index contributed by atoms with van der Waals surface area (Å²) in [4.78, 5) is 14.5. The fourth-order valence-corrected chi connectivity index (χ4v) is 4.90. The normalized spacial score (nSPS) is 17.6. The van der Waals surface area contributed by atoms with Crippen molar-refractivity contribution in [2.24, 2.45) is 0 Å². The second-order valence-corrected chi connectivity index (χ2v) is 9.16. The van der Waals surface area contributed by atoms with Crippen LogP contribution in [-0.2, 0) is 10.0 Å². The predicted molar refractivity (Wildman–Crippen MR) is 108 cm³/mol. The highest BCUT2D eigenvalue weighted by Gasteiger charge is 2.31. The van der Waals surface area contributed by atoms with Crippen LogP contribution in [0.15, 0.2) is 47.4 Å². The number of ether oxygens (including phenoxy) is 2. The van der Waals surface area contributed by atoms with E-state index in [1.54, 1.807) is 29.2 Å². The van der Waals surface area contributed by atoms with Crippen LogP contribution in [0, 0.1) is 6.92 Å². The van der Waals surface area contributed by atoms with E-state index in [2.05, 4.69) is 0 Å². The number of sulfonamides is 1. The minimum absolute atomic E-state index is 0.0716. The Hall–Kier alpha value is -2.58. The Morgan fingerprint density at radius 3 is 2.24 bits per heavy atom. The Kier molecular flexibility index (Phi) is 5.47. The molecule has 2 aliphatic heterocycles. The summed E-state index contributed by atoms with van der Waals surface area (Å²) in [6.07, 6.45) is 0.758. The summed E-state index contributed by atoms with van der Waals surface area (Å²) in [6.45, 7) is 4.25. The van der Waals surface area contributed by atoms with Gasteiger partial charge in [0, 0.05) is 44.2 Å². The predicted octanol–water partition coefficient (Wildman–Crippen LogP) is 2.30. The lowest BCUT2D eigenvalue weighted by Crippen LogP contribution is -2.50. The van der Waals surface area contributed by atoms with E-state index in [4.69, 9.17) is 9.47 Å². The molecular formula is C21H24N2O5S. The lowest BCUT2D eigenvalue weighted by Gasteiger charge is -2.34. The highest BCUT2D eigenvalue weighted by atomic mass is 32.2. The molecule has 0 aliphatic carbocycles. The summed E-state index contributed by atoms with van der Waals surface area (Å²) in [5, 5.41) is 0. The maximum absolute atomic E-state index is 13.1. The Bertz CT molecular complexity index is 996. The molecule has 2 aromatic carbocycles. The van der Waals surface area contributed by atoms with Gasteiger partial charge in [-0.2, -0.15) is 4.31 Å². The first-order valence-corrected chi connectivity index (χ1v) is 11.1. The van der Waals surface area contributed by atoms with Crippen LogP contribution in [0.2, 0.25) is 0 Å². The molecule has 1 saturated heterocycles. The Labute approximate surface area is 170 Å². The van der Waals surface area contributed by atoms with E-state index in [1.165, 1.54) is 10.4 Å². The van der Waals surface area contributed by atoms with Gasteiger partial charge < -0.3 is 14.4 Å². The lowest BCUT2D eigenvalue weighted by molar-refractivity contribution is 0.0698. The van der Waals surface area contributed by atoms with Crippen LogP contribution in [-0.4, -0.2) is 62.9 Å². The molecular weight excluding hydrogens is 392 g/mol. The monoisotopic (exact) mass is 416 g/mol. The van der Waals surface area contributed by atoms with Crippen molar-refractivity contribution in [3.63, 3.8) is 0 Å². The summed E-state index contributed by atoms with van der Waals surface area (Å²) in [5.74, 6) is 0.948. The maximum atomic E-state index is 13.1. The van der Waals surface area contributed by atoms with Crippen LogP contribution in [0.3, 0.4) is 0 Å². The van der Waals surface area contributed by atoms with Gasteiger partial charge in [-0.15, -0.1) is 0 Å². The Morgan fingerprint density at radius 2 is 1.55 bits per heavy atom. The number of amides is 1. The minimum atomic E-state index is -3.67. The van der Waals surface area contributed by atoms with Gasteiger partial charge in [0.1, 0.15) is 0 Å². The number of fused-ring (bicyclic) bond motifs is 1. The molecule has 8 heteroatoms. The van der Waals surface area contributed by atoms with Gasteiger partial charge in [-0.05, 0) is 31.2 Å². The molecule has 0 bridgehead atoms. The van der Waals surface area contributed by atoms with Crippen molar-refractivity contribution >= 4 is 15.9 Å². The van der Waals surface area contributed by atoms with Gasteiger partial charge >= 0.3 is 0 Å². The van der Waals surface area contributed by atoms with E-state index in [1.807, 2.05) is 19.1 Å². The summed E-state index contributed by atoms with van der Waals surface area (Å²) in [6, 6.07) is 12.1. The van der Waals surface area contributed by atoms with E-state index in [0.717, 1.165) is 12.0 Å². The zero-order valence-corrected chi connectivity index (χ0v) is 17.2. The van der Waals surface area contributed by atoms with Crippen LogP contribution in [0.25, 0.3) is 0 Å². The largest absolute Gasteiger partial charge is 0.490 e. The van der Waals surface area contributed by atoms with Crippen LogP contribution >= 0.6 is 0 Å². The summed E-state index contributed by atoms with van der Waals surface area (Å²) >= 11 is 0. The highest BCUT2D eigenvalue weighted by molar-refractivity contribution is 7.89. The van der Waals surface area contributed by atoms with Gasteiger partial charge in [0.05, 0.1) is 18.1 Å². The SMILES string of the molecule is Cc1ccc(C(=O)N2CCN(S(=O)(=O)c3ccc4c(c3)OCCCO4)CC2)cc1. The van der Waals surface area contributed by atoms with Crippen LogP contribution in [0.1, 0.15) is 22.3 Å². The number of nitrogens with zero attached hydrogens (tertiary/aromatic N) is 2. The van der Waals surface area contributed by atoms with Gasteiger partial charge in [0.2, 0.25) is 10.0 Å². The van der Waals surface area contributed by atoms with E-state index < -0.39 is 10.0 Å². The van der Waals surface area contributed by atoms with E-state index in [9.17, 15) is 13.2 Å². The molecule has 4 rings (SSSR count). The lowest BCUT2D eigenvalue weighted by atomic mass is 10.1. The van der Waals surface area contributed by atoms with E-state index >= 15 is 0 Å². The van der Waals surface area contributed by atoms with Crippen LogP contribution in [0.4, 0.5) is 0 Å². The zero-order chi connectivity index (χ0) is 20.4. The molecule has 0 unspecified atom stereocenters. The Morgan fingerprint density at radius 1 is 0.897 bits per heavy atom. The van der Waals surface area contributed by atoms with Gasteiger partial charge in [0.15, 0.2) is 11.5 Å². The van der Waals surface area contributed by atoms with Gasteiger partial charge in [-0.1, -0.05) is 17.7 Å². The van der Waals surface area contributed by atoms with Gasteiger partial charge in [-0.3, -0.25) is 4.79 Å². The quantitative estimate of drug-likeness (QED) is 0.768. The minimum Gasteiger partial charge on any atom is -0.490 e. The smallest absolute Gasteiger partial charge is 0.253 e. The first-order valence-electron chi connectivity index (χ1n) is 9.71. The first-order chi connectivity index (χ1) is 13.9. The second-order valence-electron chi connectivity index (χ2n) is 7.22. The van der Waals surface area contributed by atoms with Crippen molar-refractivity contribution in [3.8, 4) is 11.5 Å². The molecule has 0 N–H and O–H groups in total. The zero-order valence-electron chi connectivity index (χ0n) is 16.3. The third kappa shape index (κ3) is 4.09. The summed E-state index contributed by atoms with van der Waals surface area (Å²) < 4.78 is 38.8. The molecule has 1 amide bonds. The first kappa shape index (κ1) is 19.7. The number of rotatable bonds is 3. The number of hydrogen-bond acceptors (Lipinski definition) is 5. The van der Waals surface area contributed by atoms with Crippen molar-refractivity contribution in [2.45, 2.75) is 18.2 Å². The van der Waals surface area contributed by atoms with Gasteiger partial charge in [-0.25, -0.2) is 8.42 Å². The molecule has 0 atom stereocenters. The van der Waals surface area contributed by atoms with Crippen molar-refractivity contribution in [2.75, 3.05) is 39.4 Å². The molecule has 2 aromatic rings. The number of piperazine rings is 1. The van der Waals surface area contributed by atoms with E-state index in [0.29, 0.717) is 43.4 Å². The fraction of sp³-hybridized carbons (Fsp3) is 0.381. The number of hydrogen-bond donors (Lipinski definition) is 0. The third-order valence-electron chi connectivity index (χ3n) is 5.18. The molecule has 1 fully saturated rings. The topological polar surface area (TPSA) is 76.2 Å².